The van der Waals surface area contributed by atoms with Crippen LogP contribution in [0.1, 0.15) is 105 Å². The van der Waals surface area contributed by atoms with Crippen LogP contribution in [0.25, 0.3) is 0 Å². The van der Waals surface area contributed by atoms with Crippen LogP contribution >= 0.6 is 0 Å². The van der Waals surface area contributed by atoms with Gasteiger partial charge >= 0.3 is 5.97 Å². The van der Waals surface area contributed by atoms with E-state index in [-0.39, 0.29) is 18.9 Å². The Bertz CT molecular complexity index is 550. The minimum atomic E-state index is -1.95. The van der Waals surface area contributed by atoms with Crippen molar-refractivity contribution in [2.45, 2.75) is 111 Å². The van der Waals surface area contributed by atoms with Gasteiger partial charge in [0.1, 0.15) is 12.4 Å². The standard InChI is InChI=1S/C25H44O5/c1-5-16-24(3,4)17-11-9-12-21-14-15-23(27)22(21)13-8-6-7-10-18-25(28,29)19-30-20(2)26/h9,12,21-22,28-29H,5-8,10-11,13-19H2,1-4H3/b12-9+/t21-,22+/m0/s1. The maximum atomic E-state index is 12.3. The third-order valence-corrected chi connectivity index (χ3v) is 6.30. The second kappa shape index (κ2) is 13.3. The van der Waals surface area contributed by atoms with E-state index in [0.29, 0.717) is 30.0 Å². The van der Waals surface area contributed by atoms with Gasteiger partial charge in [0.25, 0.3) is 0 Å². The average Bonchev–Trinajstić information content (AvgIpc) is 3.00. The third kappa shape index (κ3) is 11.3. The van der Waals surface area contributed by atoms with Crippen molar-refractivity contribution in [3.05, 3.63) is 12.2 Å². The molecule has 0 radical (unpaired) electrons. The molecule has 5 nitrogen and oxygen atoms in total. The highest BCUT2D eigenvalue weighted by atomic mass is 16.6. The van der Waals surface area contributed by atoms with Gasteiger partial charge in [0.15, 0.2) is 5.79 Å². The number of hydrogen-bond acceptors (Lipinski definition) is 5. The minimum Gasteiger partial charge on any atom is -0.460 e. The van der Waals surface area contributed by atoms with Crippen molar-refractivity contribution < 1.29 is 24.5 Å². The molecule has 1 fully saturated rings. The fraction of sp³-hybridized carbons (Fsp3) is 0.840. The molecule has 1 rings (SSSR count). The molecule has 1 aliphatic carbocycles. The highest BCUT2D eigenvalue weighted by Crippen LogP contribution is 2.34. The molecule has 0 bridgehead atoms. The molecule has 0 aromatic carbocycles. The van der Waals surface area contributed by atoms with Gasteiger partial charge in [-0.25, -0.2) is 0 Å². The summed E-state index contributed by atoms with van der Waals surface area (Å²) in [5.74, 6) is -1.52. The van der Waals surface area contributed by atoms with Crippen LogP contribution in [0.2, 0.25) is 0 Å². The van der Waals surface area contributed by atoms with Crippen LogP contribution in [-0.4, -0.2) is 34.4 Å². The lowest BCUT2D eigenvalue weighted by atomic mass is 9.83. The van der Waals surface area contributed by atoms with Gasteiger partial charge in [0.2, 0.25) is 0 Å². The molecule has 0 aromatic rings. The zero-order valence-corrected chi connectivity index (χ0v) is 19.6. The van der Waals surface area contributed by atoms with Crippen molar-refractivity contribution >= 4 is 11.8 Å². The molecule has 30 heavy (non-hydrogen) atoms. The number of rotatable bonds is 15. The van der Waals surface area contributed by atoms with Gasteiger partial charge in [-0.1, -0.05) is 58.6 Å². The van der Waals surface area contributed by atoms with E-state index in [4.69, 9.17) is 0 Å². The second-order valence-corrected chi connectivity index (χ2v) is 9.87. The number of carbonyl (C=O) groups is 2. The summed E-state index contributed by atoms with van der Waals surface area (Å²) in [5.41, 5.74) is 0.392. The molecule has 2 N–H and O–H groups in total. The number of Topliss-reactive ketones (excluding diaryl/α,β-unsaturated/α-hetero) is 1. The molecule has 0 spiro atoms. The lowest BCUT2D eigenvalue weighted by Gasteiger charge is -2.23. The summed E-state index contributed by atoms with van der Waals surface area (Å²) in [6.07, 6.45) is 15.6. The quantitative estimate of drug-likeness (QED) is 0.161. The largest absolute Gasteiger partial charge is 0.460 e. The van der Waals surface area contributed by atoms with Crippen LogP contribution in [0.3, 0.4) is 0 Å². The molecule has 2 atom stereocenters. The summed E-state index contributed by atoms with van der Waals surface area (Å²) >= 11 is 0. The van der Waals surface area contributed by atoms with Crippen LogP contribution < -0.4 is 0 Å². The van der Waals surface area contributed by atoms with Gasteiger partial charge < -0.3 is 14.9 Å². The number of ketones is 1. The Morgan fingerprint density at radius 1 is 1.13 bits per heavy atom. The topological polar surface area (TPSA) is 83.8 Å². The third-order valence-electron chi connectivity index (χ3n) is 6.30. The minimum absolute atomic E-state index is 0.156. The van der Waals surface area contributed by atoms with Crippen molar-refractivity contribution in [3.63, 3.8) is 0 Å². The number of hydrogen-bond donors (Lipinski definition) is 2. The van der Waals surface area contributed by atoms with Crippen LogP contribution in [0.15, 0.2) is 12.2 Å². The Morgan fingerprint density at radius 2 is 1.83 bits per heavy atom. The molecule has 0 aromatic heterocycles. The lowest BCUT2D eigenvalue weighted by Crippen LogP contribution is -2.34. The van der Waals surface area contributed by atoms with Crippen molar-refractivity contribution in [3.8, 4) is 0 Å². The summed E-state index contributed by atoms with van der Waals surface area (Å²) in [6, 6.07) is 0. The highest BCUT2D eigenvalue weighted by Gasteiger charge is 2.32. The zero-order chi connectivity index (χ0) is 22.6. The van der Waals surface area contributed by atoms with Crippen molar-refractivity contribution in [1.29, 1.82) is 0 Å². The van der Waals surface area contributed by atoms with E-state index in [1.54, 1.807) is 0 Å². The van der Waals surface area contributed by atoms with E-state index in [9.17, 15) is 19.8 Å². The fourth-order valence-corrected chi connectivity index (χ4v) is 4.50. The predicted molar refractivity (Wildman–Crippen MR) is 120 cm³/mol. The summed E-state index contributed by atoms with van der Waals surface area (Å²) in [5, 5.41) is 19.5. The van der Waals surface area contributed by atoms with E-state index in [1.165, 1.54) is 26.2 Å². The number of carbonyl (C=O) groups excluding carboxylic acids is 2. The first kappa shape index (κ1) is 26.8. The van der Waals surface area contributed by atoms with Crippen LogP contribution in [-0.2, 0) is 14.3 Å². The number of ether oxygens (including phenoxy) is 1. The number of allylic oxidation sites excluding steroid dienone is 2. The molecular weight excluding hydrogens is 380 g/mol. The molecule has 1 aliphatic rings. The Morgan fingerprint density at radius 3 is 2.50 bits per heavy atom. The Hall–Kier alpha value is -1.20. The van der Waals surface area contributed by atoms with E-state index in [1.807, 2.05) is 0 Å². The van der Waals surface area contributed by atoms with Crippen molar-refractivity contribution in [1.82, 2.24) is 0 Å². The van der Waals surface area contributed by atoms with E-state index >= 15 is 0 Å². The van der Waals surface area contributed by atoms with Gasteiger partial charge in [0.05, 0.1) is 0 Å². The SMILES string of the molecule is CCCC(C)(C)CC/C=C/[C@H]1CCC(=O)[C@@H]1CCCCCCC(O)(O)COC(C)=O. The number of aliphatic hydroxyl groups is 2. The van der Waals surface area contributed by atoms with Crippen LogP contribution in [0, 0.1) is 17.3 Å². The summed E-state index contributed by atoms with van der Waals surface area (Å²) in [6.45, 7) is 7.76. The molecule has 5 heteroatoms. The highest BCUT2D eigenvalue weighted by molar-refractivity contribution is 5.83. The van der Waals surface area contributed by atoms with Crippen LogP contribution in [0.4, 0.5) is 0 Å². The molecule has 0 aliphatic heterocycles. The molecule has 0 amide bonds. The normalized spacial score (nSPS) is 20.3. The number of unbranched alkanes of at least 4 members (excludes halogenated alkanes) is 3. The summed E-state index contributed by atoms with van der Waals surface area (Å²) in [7, 11) is 0. The maximum Gasteiger partial charge on any atom is 0.302 e. The molecule has 0 saturated heterocycles. The molecule has 0 unspecified atom stereocenters. The average molecular weight is 425 g/mol. The Labute approximate surface area is 183 Å². The summed E-state index contributed by atoms with van der Waals surface area (Å²) in [4.78, 5) is 23.1. The van der Waals surface area contributed by atoms with Crippen molar-refractivity contribution in [2.24, 2.45) is 17.3 Å². The van der Waals surface area contributed by atoms with Gasteiger partial charge in [-0.3, -0.25) is 9.59 Å². The van der Waals surface area contributed by atoms with E-state index in [2.05, 4.69) is 37.7 Å². The molecule has 0 heterocycles. The monoisotopic (exact) mass is 424 g/mol. The second-order valence-electron chi connectivity index (χ2n) is 9.87. The number of esters is 1. The Kier molecular flexibility index (Phi) is 11.9. The van der Waals surface area contributed by atoms with Gasteiger partial charge in [-0.15, -0.1) is 0 Å². The van der Waals surface area contributed by atoms with Gasteiger partial charge in [-0.05, 0) is 49.9 Å². The smallest absolute Gasteiger partial charge is 0.302 e. The van der Waals surface area contributed by atoms with E-state index < -0.39 is 11.8 Å². The molecular formula is C25H44O5. The maximum absolute atomic E-state index is 12.3. The predicted octanol–water partition coefficient (Wildman–Crippen LogP) is 5.33. The molecule has 1 saturated carbocycles. The van der Waals surface area contributed by atoms with E-state index in [0.717, 1.165) is 38.5 Å². The summed E-state index contributed by atoms with van der Waals surface area (Å²) < 4.78 is 4.66. The van der Waals surface area contributed by atoms with Gasteiger partial charge in [0, 0.05) is 25.7 Å². The van der Waals surface area contributed by atoms with Crippen molar-refractivity contribution in [2.75, 3.05) is 6.61 Å². The van der Waals surface area contributed by atoms with Gasteiger partial charge in [-0.2, -0.15) is 0 Å². The van der Waals surface area contributed by atoms with Crippen LogP contribution in [0.5, 0.6) is 0 Å². The zero-order valence-electron chi connectivity index (χ0n) is 19.6. The Balaban J connectivity index is 2.27. The lowest BCUT2D eigenvalue weighted by molar-refractivity contribution is -0.204. The first-order chi connectivity index (χ1) is 14.1. The fourth-order valence-electron chi connectivity index (χ4n) is 4.50. The molecule has 174 valence electrons. The first-order valence-corrected chi connectivity index (χ1v) is 11.8. The first-order valence-electron chi connectivity index (χ1n) is 11.8.